The molecule has 0 spiro atoms. The topological polar surface area (TPSA) is 84.3 Å². The molecule has 0 atom stereocenters. The van der Waals surface area contributed by atoms with E-state index < -0.39 is 11.0 Å². The second-order valence-corrected chi connectivity index (χ2v) is 4.63. The highest BCUT2D eigenvalue weighted by atomic mass is 35.5. The van der Waals surface area contributed by atoms with E-state index in [2.05, 4.69) is 10.6 Å². The van der Waals surface area contributed by atoms with Crippen molar-refractivity contribution in [2.45, 2.75) is 0 Å². The third-order valence-corrected chi connectivity index (χ3v) is 3.08. The van der Waals surface area contributed by atoms with Crippen LogP contribution in [0.2, 0.25) is 5.02 Å². The van der Waals surface area contributed by atoms with Crippen molar-refractivity contribution in [3.63, 3.8) is 0 Å². The zero-order valence-corrected chi connectivity index (χ0v) is 12.1. The van der Waals surface area contributed by atoms with Gasteiger partial charge in [0.2, 0.25) is 0 Å². The molecule has 2 aromatic carbocycles. The first kappa shape index (κ1) is 15.5. The lowest BCUT2D eigenvalue weighted by Gasteiger charge is -2.05. The molecule has 0 unspecified atom stereocenters. The number of nitro benzene ring substituents is 1. The Morgan fingerprint density at radius 3 is 2.55 bits per heavy atom. The van der Waals surface area contributed by atoms with Gasteiger partial charge in [-0.1, -0.05) is 41.9 Å². The quantitative estimate of drug-likeness (QED) is 0.659. The molecular weight excluding hydrogens is 306 g/mol. The summed E-state index contributed by atoms with van der Waals surface area (Å²) in [7, 11) is 0. The van der Waals surface area contributed by atoms with Crippen molar-refractivity contribution in [1.82, 2.24) is 5.32 Å². The second kappa shape index (κ2) is 7.24. The van der Waals surface area contributed by atoms with Gasteiger partial charge in [-0.2, -0.15) is 0 Å². The van der Waals surface area contributed by atoms with Gasteiger partial charge in [0, 0.05) is 17.3 Å². The fraction of sp³-hybridized carbons (Fsp3) is 0. The maximum Gasteiger partial charge on any atom is 0.323 e. The van der Waals surface area contributed by atoms with Crippen LogP contribution in [-0.2, 0) is 0 Å². The lowest BCUT2D eigenvalue weighted by molar-refractivity contribution is -0.383. The minimum atomic E-state index is -0.586. The van der Waals surface area contributed by atoms with E-state index in [1.54, 1.807) is 30.3 Å². The van der Waals surface area contributed by atoms with Crippen LogP contribution in [-0.4, -0.2) is 11.0 Å². The number of benzene rings is 2. The highest BCUT2D eigenvalue weighted by molar-refractivity contribution is 6.32. The standard InChI is InChI=1S/C15H12ClN3O3/c16-12-6-2-1-5-11(12)9-10-17-15(20)18-13-7-3-4-8-14(13)19(21)22/h1-10H,(H2,17,18,20)/b10-9+. The van der Waals surface area contributed by atoms with Crippen molar-refractivity contribution in [1.29, 1.82) is 0 Å². The summed E-state index contributed by atoms with van der Waals surface area (Å²) in [6, 6.07) is 12.4. The molecule has 112 valence electrons. The molecule has 0 saturated carbocycles. The van der Waals surface area contributed by atoms with Gasteiger partial charge in [-0.05, 0) is 23.8 Å². The zero-order chi connectivity index (χ0) is 15.9. The van der Waals surface area contributed by atoms with E-state index in [9.17, 15) is 14.9 Å². The van der Waals surface area contributed by atoms with Crippen molar-refractivity contribution < 1.29 is 9.72 Å². The number of anilines is 1. The number of halogens is 1. The Balaban J connectivity index is 2.00. The van der Waals surface area contributed by atoms with Crippen LogP contribution in [0.3, 0.4) is 0 Å². The number of nitrogens with zero attached hydrogens (tertiary/aromatic N) is 1. The van der Waals surface area contributed by atoms with Crippen LogP contribution in [0.5, 0.6) is 0 Å². The Kier molecular flexibility index (Phi) is 5.11. The summed E-state index contributed by atoms with van der Waals surface area (Å²) in [5, 5.41) is 16.3. The summed E-state index contributed by atoms with van der Waals surface area (Å²) in [5.74, 6) is 0. The number of rotatable bonds is 4. The highest BCUT2D eigenvalue weighted by Gasteiger charge is 2.13. The molecule has 0 aromatic heterocycles. The summed E-state index contributed by atoms with van der Waals surface area (Å²) in [4.78, 5) is 22.0. The summed E-state index contributed by atoms with van der Waals surface area (Å²) in [6.45, 7) is 0. The van der Waals surface area contributed by atoms with Gasteiger partial charge in [-0.3, -0.25) is 10.1 Å². The van der Waals surface area contributed by atoms with Crippen LogP contribution >= 0.6 is 11.6 Å². The summed E-state index contributed by atoms with van der Waals surface area (Å²) in [6.07, 6.45) is 3.03. The van der Waals surface area contributed by atoms with Gasteiger partial charge in [0.05, 0.1) is 4.92 Å². The first-order valence-corrected chi connectivity index (χ1v) is 6.68. The Labute approximate surface area is 131 Å². The molecule has 0 fully saturated rings. The van der Waals surface area contributed by atoms with Gasteiger partial charge >= 0.3 is 6.03 Å². The minimum Gasteiger partial charge on any atom is -0.314 e. The van der Waals surface area contributed by atoms with E-state index in [1.807, 2.05) is 6.07 Å². The zero-order valence-electron chi connectivity index (χ0n) is 11.3. The van der Waals surface area contributed by atoms with Crippen LogP contribution in [0.1, 0.15) is 5.56 Å². The number of nitro groups is 1. The van der Waals surface area contributed by atoms with E-state index in [1.165, 1.54) is 24.4 Å². The van der Waals surface area contributed by atoms with Crippen LogP contribution < -0.4 is 10.6 Å². The number of nitrogens with one attached hydrogen (secondary N) is 2. The molecule has 6 nitrogen and oxygen atoms in total. The predicted octanol–water partition coefficient (Wildman–Crippen LogP) is 4.04. The Hall–Kier alpha value is -2.86. The molecule has 0 aliphatic carbocycles. The van der Waals surface area contributed by atoms with Crippen molar-refractivity contribution in [2.75, 3.05) is 5.32 Å². The maximum atomic E-state index is 11.7. The Morgan fingerprint density at radius 2 is 1.82 bits per heavy atom. The van der Waals surface area contributed by atoms with E-state index in [-0.39, 0.29) is 11.4 Å². The van der Waals surface area contributed by atoms with Crippen molar-refractivity contribution in [2.24, 2.45) is 0 Å². The molecular formula is C15H12ClN3O3. The summed E-state index contributed by atoms with van der Waals surface area (Å²) in [5.41, 5.74) is 0.694. The van der Waals surface area contributed by atoms with E-state index >= 15 is 0 Å². The van der Waals surface area contributed by atoms with Gasteiger partial charge in [0.1, 0.15) is 5.69 Å². The molecule has 0 bridgehead atoms. The van der Waals surface area contributed by atoms with Crippen LogP contribution in [0.25, 0.3) is 6.08 Å². The average Bonchev–Trinajstić information content (AvgIpc) is 2.49. The molecule has 2 N–H and O–H groups in total. The Morgan fingerprint density at radius 1 is 1.14 bits per heavy atom. The molecule has 0 aliphatic rings. The second-order valence-electron chi connectivity index (χ2n) is 4.23. The number of hydrogen-bond acceptors (Lipinski definition) is 3. The van der Waals surface area contributed by atoms with Crippen molar-refractivity contribution >= 4 is 35.1 Å². The first-order chi connectivity index (χ1) is 10.6. The lowest BCUT2D eigenvalue weighted by atomic mass is 10.2. The normalized spacial score (nSPS) is 10.4. The molecule has 0 radical (unpaired) electrons. The van der Waals surface area contributed by atoms with Gasteiger partial charge in [-0.15, -0.1) is 0 Å². The van der Waals surface area contributed by atoms with Crippen LogP contribution in [0.15, 0.2) is 54.7 Å². The summed E-state index contributed by atoms with van der Waals surface area (Å²) < 4.78 is 0. The molecule has 2 aromatic rings. The predicted molar refractivity (Wildman–Crippen MR) is 85.7 cm³/mol. The fourth-order valence-electron chi connectivity index (χ4n) is 1.71. The Bertz CT molecular complexity index is 731. The average molecular weight is 318 g/mol. The van der Waals surface area contributed by atoms with Crippen molar-refractivity contribution in [3.05, 3.63) is 75.4 Å². The van der Waals surface area contributed by atoms with Crippen molar-refractivity contribution in [3.8, 4) is 0 Å². The maximum absolute atomic E-state index is 11.7. The number of para-hydroxylation sites is 2. The molecule has 22 heavy (non-hydrogen) atoms. The van der Waals surface area contributed by atoms with E-state index in [4.69, 9.17) is 11.6 Å². The van der Waals surface area contributed by atoms with Gasteiger partial charge in [0.25, 0.3) is 5.69 Å². The molecule has 2 rings (SSSR count). The van der Waals surface area contributed by atoms with E-state index in [0.29, 0.717) is 5.02 Å². The number of carbonyl (C=O) groups is 1. The fourth-order valence-corrected chi connectivity index (χ4v) is 1.91. The molecule has 0 saturated heterocycles. The lowest BCUT2D eigenvalue weighted by Crippen LogP contribution is -2.24. The molecule has 7 heteroatoms. The van der Waals surface area contributed by atoms with Gasteiger partial charge in [0.15, 0.2) is 0 Å². The molecule has 0 heterocycles. The van der Waals surface area contributed by atoms with Crippen LogP contribution in [0.4, 0.5) is 16.2 Å². The number of hydrogen-bond donors (Lipinski definition) is 2. The minimum absolute atomic E-state index is 0.121. The first-order valence-electron chi connectivity index (χ1n) is 6.30. The highest BCUT2D eigenvalue weighted by Crippen LogP contribution is 2.22. The summed E-state index contributed by atoms with van der Waals surface area (Å²) >= 11 is 5.97. The number of carbonyl (C=O) groups excluding carboxylic acids is 1. The third kappa shape index (κ3) is 4.07. The van der Waals surface area contributed by atoms with Gasteiger partial charge in [-0.25, -0.2) is 4.79 Å². The molecule has 0 aliphatic heterocycles. The van der Waals surface area contributed by atoms with E-state index in [0.717, 1.165) is 5.56 Å². The smallest absolute Gasteiger partial charge is 0.314 e. The molecule has 2 amide bonds. The SMILES string of the molecule is O=C(N/C=C/c1ccccc1Cl)Nc1ccccc1[N+](=O)[O-]. The number of amides is 2. The number of urea groups is 1. The third-order valence-electron chi connectivity index (χ3n) is 2.73. The van der Waals surface area contributed by atoms with Gasteiger partial charge < -0.3 is 10.6 Å². The van der Waals surface area contributed by atoms with Crippen LogP contribution in [0, 0.1) is 10.1 Å². The largest absolute Gasteiger partial charge is 0.323 e. The monoisotopic (exact) mass is 317 g/mol.